The van der Waals surface area contributed by atoms with E-state index in [9.17, 15) is 29.1 Å². The van der Waals surface area contributed by atoms with E-state index in [0.717, 1.165) is 0 Å². The summed E-state index contributed by atoms with van der Waals surface area (Å²) in [5.74, 6) is -4.63. The molecule has 0 saturated heterocycles. The number of carbonyl (C=O) groups is 5. The van der Waals surface area contributed by atoms with Crippen LogP contribution in [0.2, 0.25) is 0 Å². The highest BCUT2D eigenvalue weighted by molar-refractivity contribution is 6.04. The number of ketones is 1. The van der Waals surface area contributed by atoms with Gasteiger partial charge in [-0.3, -0.25) is 24.0 Å². The van der Waals surface area contributed by atoms with Crippen molar-refractivity contribution in [3.05, 3.63) is 12.2 Å². The molecule has 10 nitrogen and oxygen atoms in total. The van der Waals surface area contributed by atoms with Gasteiger partial charge in [0.05, 0.1) is 11.5 Å². The summed E-state index contributed by atoms with van der Waals surface area (Å²) in [6.45, 7) is 14.8. The van der Waals surface area contributed by atoms with Crippen LogP contribution in [-0.2, 0) is 42.9 Å². The zero-order valence-corrected chi connectivity index (χ0v) is 23.1. The number of fused-ring (bicyclic) bond motifs is 3. The summed E-state index contributed by atoms with van der Waals surface area (Å²) >= 11 is 0. The van der Waals surface area contributed by atoms with Gasteiger partial charge in [-0.25, -0.2) is 0 Å². The number of hydrogen-bond donors (Lipinski definition) is 1. The summed E-state index contributed by atoms with van der Waals surface area (Å²) in [4.78, 5) is 63.2. The van der Waals surface area contributed by atoms with Crippen LogP contribution in [0, 0.1) is 34.0 Å². The first-order valence-electron chi connectivity index (χ1n) is 13.1. The van der Waals surface area contributed by atoms with Crippen molar-refractivity contribution in [3.8, 4) is 0 Å². The molecule has 0 aromatic rings. The van der Waals surface area contributed by atoms with E-state index in [-0.39, 0.29) is 30.6 Å². The smallest absolute Gasteiger partial charge is 0.303 e. The second-order valence-corrected chi connectivity index (χ2v) is 12.3. The van der Waals surface area contributed by atoms with Crippen molar-refractivity contribution in [2.75, 3.05) is 0 Å². The van der Waals surface area contributed by atoms with Crippen molar-refractivity contribution in [2.24, 2.45) is 34.0 Å². The first-order valence-corrected chi connectivity index (χ1v) is 13.1. The molecule has 4 aliphatic rings. The lowest BCUT2D eigenvalue weighted by Gasteiger charge is -2.68. The molecule has 10 atom stereocenters. The van der Waals surface area contributed by atoms with E-state index in [1.54, 1.807) is 0 Å². The van der Waals surface area contributed by atoms with Gasteiger partial charge < -0.3 is 24.1 Å². The molecule has 0 amide bonds. The van der Waals surface area contributed by atoms with Crippen molar-refractivity contribution in [1.82, 2.24) is 0 Å². The number of carbonyl (C=O) groups excluding carboxylic acids is 5. The number of rotatable bonds is 4. The van der Waals surface area contributed by atoms with Gasteiger partial charge in [-0.05, 0) is 24.3 Å². The highest BCUT2D eigenvalue weighted by Crippen LogP contribution is 2.72. The summed E-state index contributed by atoms with van der Waals surface area (Å²) in [5, 5.41) is 11.5. The summed E-state index contributed by atoms with van der Waals surface area (Å²) in [6, 6.07) is 0. The molecule has 2 bridgehead atoms. The molecular weight excluding hydrogens is 496 g/mol. The van der Waals surface area contributed by atoms with Gasteiger partial charge in [-0.15, -0.1) is 0 Å². The maximum absolute atomic E-state index is 14.1. The number of Topliss-reactive ketones (excluding diaryl/α,β-unsaturated/α-hetero) is 1. The number of esters is 4. The summed E-state index contributed by atoms with van der Waals surface area (Å²) in [6.07, 6.45) is -4.31. The molecule has 10 heteroatoms. The minimum atomic E-state index is -1.35. The van der Waals surface area contributed by atoms with Gasteiger partial charge in [0.1, 0.15) is 24.4 Å². The third-order valence-electron chi connectivity index (χ3n) is 9.87. The second-order valence-electron chi connectivity index (χ2n) is 12.3. The van der Waals surface area contributed by atoms with Crippen LogP contribution in [0.5, 0.6) is 0 Å². The van der Waals surface area contributed by atoms with E-state index in [4.69, 9.17) is 18.9 Å². The Labute approximate surface area is 222 Å². The van der Waals surface area contributed by atoms with Gasteiger partial charge in [0, 0.05) is 56.8 Å². The van der Waals surface area contributed by atoms with Crippen LogP contribution >= 0.6 is 0 Å². The molecule has 0 aromatic heterocycles. The van der Waals surface area contributed by atoms with E-state index in [0.29, 0.717) is 0 Å². The molecular formula is C28H38O10. The number of aliphatic hydroxyl groups is 1. The molecule has 0 heterocycles. The average Bonchev–Trinajstić information content (AvgIpc) is 2.99. The minimum Gasteiger partial charge on any atom is -0.462 e. The highest BCUT2D eigenvalue weighted by atomic mass is 16.6. The Bertz CT molecular complexity index is 1090. The molecule has 38 heavy (non-hydrogen) atoms. The Balaban J connectivity index is 2.01. The Kier molecular flexibility index (Phi) is 6.82. The maximum atomic E-state index is 14.1. The van der Waals surface area contributed by atoms with Crippen LogP contribution in [0.15, 0.2) is 12.2 Å². The predicted molar refractivity (Wildman–Crippen MR) is 131 cm³/mol. The van der Waals surface area contributed by atoms with Crippen molar-refractivity contribution >= 4 is 29.7 Å². The lowest BCUT2D eigenvalue weighted by atomic mass is 9.38. The van der Waals surface area contributed by atoms with Gasteiger partial charge in [0.15, 0.2) is 5.78 Å². The van der Waals surface area contributed by atoms with Crippen LogP contribution in [-0.4, -0.2) is 65.3 Å². The fourth-order valence-electron chi connectivity index (χ4n) is 8.61. The van der Waals surface area contributed by atoms with Crippen LogP contribution in [0.3, 0.4) is 0 Å². The topological polar surface area (TPSA) is 143 Å². The Morgan fingerprint density at radius 2 is 1.32 bits per heavy atom. The molecule has 5 unspecified atom stereocenters. The van der Waals surface area contributed by atoms with Crippen LogP contribution < -0.4 is 0 Å². The third kappa shape index (κ3) is 3.89. The monoisotopic (exact) mass is 534 g/mol. The van der Waals surface area contributed by atoms with Gasteiger partial charge in [0.2, 0.25) is 0 Å². The van der Waals surface area contributed by atoms with E-state index in [1.807, 2.05) is 20.8 Å². The van der Waals surface area contributed by atoms with Crippen LogP contribution in [0.1, 0.15) is 67.7 Å². The predicted octanol–water partition coefficient (Wildman–Crippen LogP) is 2.29. The Morgan fingerprint density at radius 1 is 0.816 bits per heavy atom. The molecule has 0 aliphatic heterocycles. The molecule has 4 fully saturated rings. The second kappa shape index (κ2) is 9.17. The fourth-order valence-corrected chi connectivity index (χ4v) is 8.61. The van der Waals surface area contributed by atoms with Crippen LogP contribution in [0.25, 0.3) is 0 Å². The van der Waals surface area contributed by atoms with Crippen molar-refractivity contribution in [3.63, 3.8) is 0 Å². The van der Waals surface area contributed by atoms with Crippen molar-refractivity contribution in [1.29, 1.82) is 0 Å². The first-order chi connectivity index (χ1) is 17.5. The molecule has 0 aromatic carbocycles. The summed E-state index contributed by atoms with van der Waals surface area (Å²) < 4.78 is 23.3. The lowest BCUT2D eigenvalue weighted by Crippen LogP contribution is -2.74. The maximum Gasteiger partial charge on any atom is 0.303 e. The van der Waals surface area contributed by atoms with E-state index >= 15 is 0 Å². The Morgan fingerprint density at radius 3 is 1.84 bits per heavy atom. The molecule has 1 spiro atoms. The standard InChI is InChI=1S/C28H38O10/c1-12-17-11-28(25(12)34)21(37-15(4)31)9-18-26(6,7)19(35-13(2)29)10-20(36-14(3)30)27(18,8)24(28)23(22(17)33)38-16(5)32/h17-24,33H,1,9-11H2,2-8H3/t17-,18-,19?,20?,21?,22?,23?,24+,27+,28+/m0/s1. The summed E-state index contributed by atoms with van der Waals surface area (Å²) in [7, 11) is 0. The first kappa shape index (κ1) is 28.3. The number of hydrogen-bond acceptors (Lipinski definition) is 10. The Hall–Kier alpha value is -2.75. The number of ether oxygens (including phenoxy) is 4. The minimum absolute atomic E-state index is 0.144. The van der Waals surface area contributed by atoms with Gasteiger partial charge in [-0.1, -0.05) is 27.4 Å². The number of aliphatic hydroxyl groups excluding tert-OH is 1. The van der Waals surface area contributed by atoms with Gasteiger partial charge >= 0.3 is 23.9 Å². The van der Waals surface area contributed by atoms with E-state index in [2.05, 4.69) is 6.58 Å². The van der Waals surface area contributed by atoms with Crippen molar-refractivity contribution in [2.45, 2.75) is 98.2 Å². The van der Waals surface area contributed by atoms with Gasteiger partial charge in [0.25, 0.3) is 0 Å². The SMILES string of the molecule is C=C1C(=O)[C@@]23C[C@@H]1C(O)C(OC(C)=O)[C@@H]2[C@@]1(C)C(OC(C)=O)CC(OC(C)=O)C(C)(C)[C@@H]1CC3OC(C)=O. The molecule has 0 radical (unpaired) electrons. The van der Waals surface area contributed by atoms with Crippen molar-refractivity contribution < 1.29 is 48.0 Å². The third-order valence-corrected chi connectivity index (χ3v) is 9.87. The van der Waals surface area contributed by atoms with Crippen LogP contribution in [0.4, 0.5) is 0 Å². The highest BCUT2D eigenvalue weighted by Gasteiger charge is 2.78. The van der Waals surface area contributed by atoms with E-state index in [1.165, 1.54) is 27.7 Å². The van der Waals surface area contributed by atoms with Gasteiger partial charge in [-0.2, -0.15) is 0 Å². The molecule has 1 N–H and O–H groups in total. The summed E-state index contributed by atoms with van der Waals surface area (Å²) in [5.41, 5.74) is -2.93. The molecule has 210 valence electrons. The molecule has 4 rings (SSSR count). The molecule has 4 saturated carbocycles. The normalized spacial score (nSPS) is 42.8. The molecule has 4 aliphatic carbocycles. The largest absolute Gasteiger partial charge is 0.462 e. The zero-order valence-electron chi connectivity index (χ0n) is 23.1. The quantitative estimate of drug-likeness (QED) is 0.324. The average molecular weight is 535 g/mol. The zero-order chi connectivity index (χ0) is 28.5. The van der Waals surface area contributed by atoms with E-state index < -0.39 is 88.4 Å². The fraction of sp³-hybridized carbons (Fsp3) is 0.750. The lowest BCUT2D eigenvalue weighted by molar-refractivity contribution is -0.289.